The molecule has 1 aliphatic heterocycles. The van der Waals surface area contributed by atoms with Crippen LogP contribution in [-0.4, -0.2) is 15.9 Å². The maximum Gasteiger partial charge on any atom is 0.257 e. The van der Waals surface area contributed by atoms with Gasteiger partial charge in [0.1, 0.15) is 22.2 Å². The molecule has 6 nitrogen and oxygen atoms in total. The maximum atomic E-state index is 13.9. The summed E-state index contributed by atoms with van der Waals surface area (Å²) < 4.78 is -0.220. The molecular formula is C20H13BrCl2N4O2. The van der Waals surface area contributed by atoms with Gasteiger partial charge in [0.15, 0.2) is 0 Å². The van der Waals surface area contributed by atoms with E-state index in [-0.39, 0.29) is 16.7 Å². The molecule has 1 atom stereocenters. The highest BCUT2D eigenvalue weighted by atomic mass is 79.9. The Balaban J connectivity index is 1.76. The van der Waals surface area contributed by atoms with E-state index in [9.17, 15) is 10.0 Å². The van der Waals surface area contributed by atoms with Crippen molar-refractivity contribution >= 4 is 62.2 Å². The number of carbonyl (C=O) groups excluding carboxylic acids is 1. The number of aromatic nitrogens is 2. The van der Waals surface area contributed by atoms with Gasteiger partial charge in [0, 0.05) is 40.5 Å². The molecule has 146 valence electrons. The molecule has 1 aromatic carbocycles. The van der Waals surface area contributed by atoms with Crippen LogP contribution in [0.3, 0.4) is 0 Å². The van der Waals surface area contributed by atoms with Gasteiger partial charge < -0.3 is 10.5 Å². The second-order valence-corrected chi connectivity index (χ2v) is 8.10. The van der Waals surface area contributed by atoms with Crippen LogP contribution in [0, 0.1) is 5.21 Å². The third-order valence-electron chi connectivity index (χ3n) is 4.40. The number of nitrogens with one attached hydrogen (secondary N) is 1. The number of benzene rings is 1. The number of quaternary nitrogens is 1. The number of carbonyl (C=O) groups is 1. The van der Waals surface area contributed by atoms with Crippen molar-refractivity contribution in [3.63, 3.8) is 0 Å². The van der Waals surface area contributed by atoms with Gasteiger partial charge in [-0.05, 0) is 30.3 Å². The average molecular weight is 492 g/mol. The fourth-order valence-corrected chi connectivity index (χ4v) is 4.01. The van der Waals surface area contributed by atoms with Gasteiger partial charge in [-0.25, -0.2) is 9.97 Å². The quantitative estimate of drug-likeness (QED) is 0.287. The number of rotatable bonds is 3. The first-order valence-corrected chi connectivity index (χ1v) is 10.1. The zero-order chi connectivity index (χ0) is 20.6. The third-order valence-corrected chi connectivity index (χ3v) is 5.29. The van der Waals surface area contributed by atoms with E-state index in [0.717, 1.165) is 4.47 Å². The lowest BCUT2D eigenvalue weighted by molar-refractivity contribution is -0.113. The van der Waals surface area contributed by atoms with Crippen LogP contribution in [0.1, 0.15) is 5.56 Å². The van der Waals surface area contributed by atoms with Crippen LogP contribution in [0.15, 0.2) is 71.0 Å². The summed E-state index contributed by atoms with van der Waals surface area (Å²) in [4.78, 5) is 21.1. The van der Waals surface area contributed by atoms with E-state index < -0.39 is 10.6 Å². The number of anilines is 1. The van der Waals surface area contributed by atoms with E-state index in [4.69, 9.17) is 23.2 Å². The lowest BCUT2D eigenvalue weighted by atomic mass is 10.0. The van der Waals surface area contributed by atoms with E-state index in [1.807, 2.05) is 6.07 Å². The molecule has 29 heavy (non-hydrogen) atoms. The number of hydrogen-bond acceptors (Lipinski definition) is 4. The molecule has 3 aromatic rings. The van der Waals surface area contributed by atoms with Crippen molar-refractivity contribution in [3.8, 4) is 0 Å². The van der Waals surface area contributed by atoms with Crippen molar-refractivity contribution in [2.45, 2.75) is 6.42 Å². The Kier molecular flexibility index (Phi) is 5.42. The number of hydrogen-bond donors (Lipinski definition) is 1. The van der Waals surface area contributed by atoms with Crippen molar-refractivity contribution in [1.29, 1.82) is 0 Å². The van der Waals surface area contributed by atoms with Crippen molar-refractivity contribution in [2.75, 3.05) is 5.32 Å². The predicted octanol–water partition coefficient (Wildman–Crippen LogP) is 5.76. The average Bonchev–Trinajstić information content (AvgIpc) is 2.67. The van der Waals surface area contributed by atoms with E-state index in [1.54, 1.807) is 36.5 Å². The summed E-state index contributed by atoms with van der Waals surface area (Å²) in [6.07, 6.45) is 3.22. The molecule has 2 aromatic heterocycles. The molecule has 0 spiro atoms. The van der Waals surface area contributed by atoms with E-state index >= 15 is 0 Å². The van der Waals surface area contributed by atoms with Gasteiger partial charge >= 0.3 is 0 Å². The molecular weight excluding hydrogens is 479 g/mol. The van der Waals surface area contributed by atoms with Crippen molar-refractivity contribution in [2.24, 2.45) is 0 Å². The van der Waals surface area contributed by atoms with E-state index in [0.29, 0.717) is 28.3 Å². The smallest absolute Gasteiger partial charge is 0.257 e. The van der Waals surface area contributed by atoms with Crippen LogP contribution in [0.5, 0.6) is 0 Å². The first kappa shape index (κ1) is 20.0. The Morgan fingerprint density at radius 3 is 2.62 bits per heavy atom. The zero-order valence-corrected chi connectivity index (χ0v) is 17.9. The number of hydroxylamine groups is 1. The molecule has 0 aliphatic carbocycles. The molecule has 0 radical (unpaired) electrons. The molecule has 3 heterocycles. The summed E-state index contributed by atoms with van der Waals surface area (Å²) in [5.41, 5.74) is 1.81. The number of fused-ring (bicyclic) bond motifs is 1. The number of pyridine rings is 2. The minimum absolute atomic E-state index is 0.156. The molecule has 0 fully saturated rings. The van der Waals surface area contributed by atoms with Gasteiger partial charge in [-0.3, -0.25) is 9.44 Å². The number of amides is 1. The van der Waals surface area contributed by atoms with Crippen molar-refractivity contribution in [1.82, 2.24) is 14.6 Å². The highest BCUT2D eigenvalue weighted by Crippen LogP contribution is 2.41. The standard InChI is InChI=1S/C20H13BrCl2N4O2/c21-14-4-1-5-16(8-14)27(29)11-13(7-12-3-2-6-24-19(12)27)20(28)25-15-9-17(22)26-18(23)10-15/h1-6,8-11H,7H2,(H,25,26,28). The summed E-state index contributed by atoms with van der Waals surface area (Å²) in [7, 11) is 0. The molecule has 4 rings (SSSR count). The second-order valence-electron chi connectivity index (χ2n) is 6.41. The molecule has 1 unspecified atom stereocenters. The van der Waals surface area contributed by atoms with Crippen LogP contribution >= 0.6 is 39.1 Å². The molecule has 0 bridgehead atoms. The lowest BCUT2D eigenvalue weighted by Gasteiger charge is -2.40. The van der Waals surface area contributed by atoms with Crippen LogP contribution in [0.4, 0.5) is 17.2 Å². The topological polar surface area (TPSA) is 77.9 Å². The Morgan fingerprint density at radius 2 is 1.90 bits per heavy atom. The van der Waals surface area contributed by atoms with E-state index in [2.05, 4.69) is 31.2 Å². The highest BCUT2D eigenvalue weighted by molar-refractivity contribution is 9.10. The Bertz CT molecular complexity index is 1130. The van der Waals surface area contributed by atoms with Crippen LogP contribution in [0.2, 0.25) is 10.3 Å². The molecule has 0 saturated carbocycles. The summed E-state index contributed by atoms with van der Waals surface area (Å²) in [5, 5.41) is 17.0. The van der Waals surface area contributed by atoms with Gasteiger partial charge in [0.25, 0.3) is 5.91 Å². The van der Waals surface area contributed by atoms with Crippen molar-refractivity contribution < 1.29 is 4.79 Å². The zero-order valence-electron chi connectivity index (χ0n) is 14.8. The summed E-state index contributed by atoms with van der Waals surface area (Å²) >= 11 is 15.2. The molecule has 0 saturated heterocycles. The molecule has 9 heteroatoms. The number of halogens is 3. The first-order valence-electron chi connectivity index (χ1n) is 8.52. The SMILES string of the molecule is O=C(Nc1cc(Cl)nc(Cl)c1)C1=C[N+]([O-])(c2cccc(Br)c2)c2ncccc2C1. The van der Waals surface area contributed by atoms with Gasteiger partial charge in [-0.15, -0.1) is 0 Å². The Hall–Kier alpha value is -2.29. The van der Waals surface area contributed by atoms with Gasteiger partial charge in [0.2, 0.25) is 5.82 Å². The van der Waals surface area contributed by atoms with Gasteiger partial charge in [0.05, 0.1) is 5.57 Å². The first-order chi connectivity index (χ1) is 13.8. The van der Waals surface area contributed by atoms with Crippen LogP contribution in [-0.2, 0) is 11.2 Å². The normalized spacial score (nSPS) is 18.0. The fourth-order valence-electron chi connectivity index (χ4n) is 3.17. The highest BCUT2D eigenvalue weighted by Gasteiger charge is 2.34. The van der Waals surface area contributed by atoms with Gasteiger partial charge in [-0.2, -0.15) is 0 Å². The summed E-state index contributed by atoms with van der Waals surface area (Å²) in [6.45, 7) is 0. The lowest BCUT2D eigenvalue weighted by Crippen LogP contribution is -2.38. The van der Waals surface area contributed by atoms with Crippen LogP contribution < -0.4 is 9.96 Å². The molecule has 1 amide bonds. The Labute approximate surface area is 185 Å². The summed E-state index contributed by atoms with van der Waals surface area (Å²) in [5.74, 6) is -0.0941. The maximum absolute atomic E-state index is 13.9. The minimum atomic E-state index is -0.976. The third kappa shape index (κ3) is 4.05. The van der Waals surface area contributed by atoms with Gasteiger partial charge in [-0.1, -0.05) is 45.2 Å². The van der Waals surface area contributed by atoms with E-state index in [1.165, 1.54) is 18.3 Å². The predicted molar refractivity (Wildman–Crippen MR) is 118 cm³/mol. The van der Waals surface area contributed by atoms with Crippen LogP contribution in [0.25, 0.3) is 0 Å². The second kappa shape index (κ2) is 7.85. The molecule has 1 N–H and O–H groups in total. The molecule has 1 aliphatic rings. The summed E-state index contributed by atoms with van der Waals surface area (Å²) in [6, 6.07) is 13.5. The number of nitrogens with zero attached hydrogens (tertiary/aromatic N) is 3. The van der Waals surface area contributed by atoms with Crippen molar-refractivity contribution in [3.05, 3.63) is 92.1 Å². The largest absolute Gasteiger partial charge is 0.616 e. The monoisotopic (exact) mass is 490 g/mol. The fraction of sp³-hybridized carbons (Fsp3) is 0.0500. The minimum Gasteiger partial charge on any atom is -0.616 e. The Morgan fingerprint density at radius 1 is 1.14 bits per heavy atom.